The van der Waals surface area contributed by atoms with Crippen LogP contribution in [0.3, 0.4) is 0 Å². The highest BCUT2D eigenvalue weighted by atomic mass is 16.2. The minimum absolute atomic E-state index is 0.00282. The molecule has 0 unspecified atom stereocenters. The van der Waals surface area contributed by atoms with Crippen molar-refractivity contribution in [1.29, 1.82) is 0 Å². The number of hydrogen-bond donors (Lipinski definition) is 0. The van der Waals surface area contributed by atoms with E-state index >= 15 is 0 Å². The molecule has 0 saturated carbocycles. The number of carbonyl (C=O) groups excluding carboxylic acids is 1. The summed E-state index contributed by atoms with van der Waals surface area (Å²) < 4.78 is 3.21. The molecule has 0 aliphatic rings. The van der Waals surface area contributed by atoms with Crippen LogP contribution in [0, 0.1) is 0 Å². The number of nitrogens with zero attached hydrogens (tertiary/aromatic N) is 7. The van der Waals surface area contributed by atoms with Gasteiger partial charge >= 0.3 is 0 Å². The first kappa shape index (κ1) is 12.2. The first-order valence-corrected chi connectivity index (χ1v) is 5.75. The monoisotopic (exact) mass is 249 g/mol. The summed E-state index contributed by atoms with van der Waals surface area (Å²) in [6.45, 7) is 4.07. The third-order valence-corrected chi connectivity index (χ3v) is 2.58. The molecule has 2 rings (SSSR count). The van der Waals surface area contributed by atoms with Crippen molar-refractivity contribution < 1.29 is 4.79 Å². The second-order valence-corrected chi connectivity index (χ2v) is 3.75. The van der Waals surface area contributed by atoms with Crippen LogP contribution in [0.2, 0.25) is 0 Å². The standard InChI is InChI=1S/C10H15N7O/c1-2-15(6-7-16-5-3-4-12-16)10(18)8-17-9-11-13-14-17/h3-5,9H,2,6-8H2,1H3. The van der Waals surface area contributed by atoms with Crippen LogP contribution in [0.25, 0.3) is 0 Å². The molecule has 2 aromatic heterocycles. The predicted octanol–water partition coefficient (Wildman–Crippen LogP) is -0.582. The first-order valence-electron chi connectivity index (χ1n) is 5.75. The van der Waals surface area contributed by atoms with Crippen LogP contribution in [-0.2, 0) is 17.9 Å². The summed E-state index contributed by atoms with van der Waals surface area (Å²) in [6.07, 6.45) is 5.03. The average Bonchev–Trinajstić information content (AvgIpc) is 3.02. The number of aromatic nitrogens is 6. The summed E-state index contributed by atoms with van der Waals surface area (Å²) in [5, 5.41) is 14.8. The van der Waals surface area contributed by atoms with Crippen LogP contribution in [0.5, 0.6) is 0 Å². The molecule has 0 aliphatic carbocycles. The third-order valence-electron chi connectivity index (χ3n) is 2.58. The lowest BCUT2D eigenvalue weighted by molar-refractivity contribution is -0.132. The molecule has 0 aromatic carbocycles. The largest absolute Gasteiger partial charge is 0.340 e. The fourth-order valence-electron chi connectivity index (χ4n) is 1.61. The van der Waals surface area contributed by atoms with Gasteiger partial charge in [-0.3, -0.25) is 9.48 Å². The Morgan fingerprint density at radius 1 is 1.39 bits per heavy atom. The molecule has 0 aliphatic heterocycles. The second kappa shape index (κ2) is 5.89. The van der Waals surface area contributed by atoms with Crippen molar-refractivity contribution in [2.45, 2.75) is 20.0 Å². The van der Waals surface area contributed by atoms with Crippen molar-refractivity contribution >= 4 is 5.91 Å². The lowest BCUT2D eigenvalue weighted by atomic mass is 10.4. The molecule has 0 fully saturated rings. The lowest BCUT2D eigenvalue weighted by Gasteiger charge is -2.20. The van der Waals surface area contributed by atoms with Crippen LogP contribution >= 0.6 is 0 Å². The quantitative estimate of drug-likeness (QED) is 0.684. The Kier molecular flexibility index (Phi) is 4.00. The first-order chi connectivity index (χ1) is 8.79. The van der Waals surface area contributed by atoms with Gasteiger partial charge in [-0.2, -0.15) is 5.10 Å². The molecule has 96 valence electrons. The molecule has 2 heterocycles. The molecular formula is C10H15N7O. The highest BCUT2D eigenvalue weighted by Gasteiger charge is 2.12. The highest BCUT2D eigenvalue weighted by Crippen LogP contribution is 1.95. The Hall–Kier alpha value is -2.25. The molecule has 8 nitrogen and oxygen atoms in total. The van der Waals surface area contributed by atoms with E-state index in [-0.39, 0.29) is 12.5 Å². The van der Waals surface area contributed by atoms with Crippen molar-refractivity contribution in [3.05, 3.63) is 24.8 Å². The van der Waals surface area contributed by atoms with Gasteiger partial charge in [0.1, 0.15) is 12.9 Å². The summed E-state index contributed by atoms with van der Waals surface area (Å²) in [6, 6.07) is 1.86. The molecule has 18 heavy (non-hydrogen) atoms. The van der Waals surface area contributed by atoms with Gasteiger partial charge in [-0.05, 0) is 23.4 Å². The zero-order valence-electron chi connectivity index (χ0n) is 10.2. The van der Waals surface area contributed by atoms with E-state index in [1.165, 1.54) is 11.0 Å². The van der Waals surface area contributed by atoms with Crippen molar-refractivity contribution in [1.82, 2.24) is 34.9 Å². The summed E-state index contributed by atoms with van der Waals surface area (Å²) >= 11 is 0. The molecule has 1 amide bonds. The number of carbonyl (C=O) groups is 1. The van der Waals surface area contributed by atoms with Crippen molar-refractivity contribution in [2.24, 2.45) is 0 Å². The smallest absolute Gasteiger partial charge is 0.244 e. The van der Waals surface area contributed by atoms with E-state index in [1.807, 2.05) is 19.2 Å². The molecule has 0 atom stereocenters. The fraction of sp³-hybridized carbons (Fsp3) is 0.500. The zero-order chi connectivity index (χ0) is 12.8. The van der Waals surface area contributed by atoms with Crippen molar-refractivity contribution in [3.63, 3.8) is 0 Å². The number of likely N-dealkylation sites (N-methyl/N-ethyl adjacent to an activating group) is 1. The van der Waals surface area contributed by atoms with E-state index in [4.69, 9.17) is 0 Å². The van der Waals surface area contributed by atoms with E-state index in [1.54, 1.807) is 15.8 Å². The lowest BCUT2D eigenvalue weighted by Crippen LogP contribution is -2.36. The van der Waals surface area contributed by atoms with E-state index in [0.717, 1.165) is 0 Å². The van der Waals surface area contributed by atoms with Gasteiger partial charge in [0.25, 0.3) is 0 Å². The van der Waals surface area contributed by atoms with E-state index in [2.05, 4.69) is 20.6 Å². The second-order valence-electron chi connectivity index (χ2n) is 3.75. The molecule has 8 heteroatoms. The molecule has 0 N–H and O–H groups in total. The van der Waals surface area contributed by atoms with Gasteiger partial charge in [-0.25, -0.2) is 4.68 Å². The number of rotatable bonds is 6. The predicted molar refractivity (Wildman–Crippen MR) is 62.3 cm³/mol. The van der Waals surface area contributed by atoms with Gasteiger partial charge in [0, 0.05) is 25.5 Å². The molecule has 0 spiro atoms. The van der Waals surface area contributed by atoms with E-state index < -0.39 is 0 Å². The van der Waals surface area contributed by atoms with Gasteiger partial charge in [0.2, 0.25) is 5.91 Å². The van der Waals surface area contributed by atoms with Gasteiger partial charge in [0.05, 0.1) is 6.54 Å². The van der Waals surface area contributed by atoms with E-state index in [9.17, 15) is 4.79 Å². The fourth-order valence-corrected chi connectivity index (χ4v) is 1.61. The SMILES string of the molecule is CCN(CCn1cccn1)C(=O)Cn1cnnn1. The van der Waals surface area contributed by atoms with E-state index in [0.29, 0.717) is 19.6 Å². The highest BCUT2D eigenvalue weighted by molar-refractivity contribution is 5.75. The van der Waals surface area contributed by atoms with Gasteiger partial charge in [0.15, 0.2) is 0 Å². The maximum absolute atomic E-state index is 12.0. The normalized spacial score (nSPS) is 10.5. The number of amides is 1. The van der Waals surface area contributed by atoms with Crippen molar-refractivity contribution in [3.8, 4) is 0 Å². The number of hydrogen-bond acceptors (Lipinski definition) is 5. The third kappa shape index (κ3) is 3.12. The van der Waals surface area contributed by atoms with Gasteiger partial charge in [-0.1, -0.05) is 0 Å². The van der Waals surface area contributed by atoms with Crippen LogP contribution in [-0.4, -0.2) is 53.9 Å². The minimum atomic E-state index is -0.00282. The van der Waals surface area contributed by atoms with Gasteiger partial charge in [-0.15, -0.1) is 5.10 Å². The summed E-state index contributed by atoms with van der Waals surface area (Å²) in [5.74, 6) is -0.00282. The molecule has 2 aromatic rings. The summed E-state index contributed by atoms with van der Waals surface area (Å²) in [7, 11) is 0. The van der Waals surface area contributed by atoms with Crippen LogP contribution in [0.15, 0.2) is 24.8 Å². The zero-order valence-corrected chi connectivity index (χ0v) is 10.2. The minimum Gasteiger partial charge on any atom is -0.340 e. The maximum Gasteiger partial charge on any atom is 0.244 e. The average molecular weight is 249 g/mol. The molecule has 0 saturated heterocycles. The Balaban J connectivity index is 1.85. The molecular weight excluding hydrogens is 234 g/mol. The van der Waals surface area contributed by atoms with Crippen LogP contribution in [0.4, 0.5) is 0 Å². The van der Waals surface area contributed by atoms with Crippen molar-refractivity contribution in [2.75, 3.05) is 13.1 Å². The topological polar surface area (TPSA) is 81.7 Å². The number of tetrazole rings is 1. The molecule has 0 bridgehead atoms. The maximum atomic E-state index is 12.0. The van der Waals surface area contributed by atoms with Gasteiger partial charge < -0.3 is 4.90 Å². The summed E-state index contributed by atoms with van der Waals surface area (Å²) in [5.41, 5.74) is 0. The Morgan fingerprint density at radius 2 is 2.28 bits per heavy atom. The van der Waals surface area contributed by atoms with Crippen LogP contribution in [0.1, 0.15) is 6.92 Å². The Bertz CT molecular complexity index is 464. The molecule has 0 radical (unpaired) electrons. The Labute approximate surface area is 104 Å². The van der Waals surface area contributed by atoms with Crippen LogP contribution < -0.4 is 0 Å². The Morgan fingerprint density at radius 3 is 2.89 bits per heavy atom. The summed E-state index contributed by atoms with van der Waals surface area (Å²) in [4.78, 5) is 13.7.